The lowest BCUT2D eigenvalue weighted by molar-refractivity contribution is 0.414. The number of rotatable bonds is 3. The van der Waals surface area contributed by atoms with Crippen LogP contribution < -0.4 is 4.74 Å². The summed E-state index contributed by atoms with van der Waals surface area (Å²) in [6.07, 6.45) is 1.78. The second kappa shape index (κ2) is 4.17. The first kappa shape index (κ1) is 9.14. The summed E-state index contributed by atoms with van der Waals surface area (Å²) < 4.78 is 5.09. The lowest BCUT2D eigenvalue weighted by atomic mass is 10.1. The van der Waals surface area contributed by atoms with Crippen LogP contribution in [0.15, 0.2) is 24.8 Å². The van der Waals surface area contributed by atoms with E-state index < -0.39 is 0 Å². The van der Waals surface area contributed by atoms with Gasteiger partial charge in [0.05, 0.1) is 7.11 Å². The third-order valence-corrected chi connectivity index (χ3v) is 1.92. The molecule has 12 heavy (non-hydrogen) atoms. The molecule has 0 atom stereocenters. The molecule has 0 aromatic heterocycles. The average Bonchev–Trinajstić information content (AvgIpc) is 2.16. The topological polar surface area (TPSA) is 9.23 Å². The van der Waals surface area contributed by atoms with Crippen LogP contribution in [0.5, 0.6) is 5.75 Å². The molecule has 0 aliphatic heterocycles. The quantitative estimate of drug-likeness (QED) is 0.653. The van der Waals surface area contributed by atoms with Gasteiger partial charge in [-0.05, 0) is 23.3 Å². The smallest absolute Gasteiger partial charge is 0.119 e. The number of hydrogen-bond donors (Lipinski definition) is 0. The SMILES string of the molecule is C=Cc1cc(CCl)cc(OC)c1. The largest absolute Gasteiger partial charge is 0.497 e. The Bertz CT molecular complexity index is 259. The average molecular weight is 183 g/mol. The zero-order valence-corrected chi connectivity index (χ0v) is 7.77. The van der Waals surface area contributed by atoms with E-state index >= 15 is 0 Å². The molecule has 64 valence electrons. The maximum Gasteiger partial charge on any atom is 0.119 e. The van der Waals surface area contributed by atoms with Gasteiger partial charge in [0.2, 0.25) is 0 Å². The number of benzene rings is 1. The number of ether oxygens (including phenoxy) is 1. The minimum atomic E-state index is 0.498. The van der Waals surface area contributed by atoms with Gasteiger partial charge >= 0.3 is 0 Å². The Morgan fingerprint density at radius 1 is 1.50 bits per heavy atom. The molecule has 0 spiro atoms. The van der Waals surface area contributed by atoms with Crippen LogP contribution in [0.25, 0.3) is 6.08 Å². The molecular weight excluding hydrogens is 172 g/mol. The molecule has 0 saturated carbocycles. The molecule has 0 aliphatic carbocycles. The summed E-state index contributed by atoms with van der Waals surface area (Å²) in [5, 5.41) is 0. The van der Waals surface area contributed by atoms with E-state index in [-0.39, 0.29) is 0 Å². The minimum absolute atomic E-state index is 0.498. The van der Waals surface area contributed by atoms with Gasteiger partial charge in [0.1, 0.15) is 5.75 Å². The number of alkyl halides is 1. The van der Waals surface area contributed by atoms with Crippen LogP contribution in [0.2, 0.25) is 0 Å². The normalized spacial score (nSPS) is 9.50. The molecule has 0 heterocycles. The Labute approximate surface area is 77.6 Å². The minimum Gasteiger partial charge on any atom is -0.497 e. The lowest BCUT2D eigenvalue weighted by Gasteiger charge is -2.03. The van der Waals surface area contributed by atoms with E-state index in [1.807, 2.05) is 18.2 Å². The molecular formula is C10H11ClO. The van der Waals surface area contributed by atoms with Gasteiger partial charge in [0, 0.05) is 5.88 Å². The lowest BCUT2D eigenvalue weighted by Crippen LogP contribution is -1.86. The van der Waals surface area contributed by atoms with Gasteiger partial charge in [-0.25, -0.2) is 0 Å². The first-order valence-electron chi connectivity index (χ1n) is 3.66. The Hall–Kier alpha value is -0.950. The van der Waals surface area contributed by atoms with Crippen molar-refractivity contribution in [2.24, 2.45) is 0 Å². The van der Waals surface area contributed by atoms with Crippen LogP contribution in [0.3, 0.4) is 0 Å². The van der Waals surface area contributed by atoms with Gasteiger partial charge in [-0.3, -0.25) is 0 Å². The molecule has 1 nitrogen and oxygen atoms in total. The predicted octanol–water partition coefficient (Wildman–Crippen LogP) is 3.08. The highest BCUT2D eigenvalue weighted by molar-refractivity contribution is 6.17. The van der Waals surface area contributed by atoms with Crippen molar-refractivity contribution in [2.45, 2.75) is 5.88 Å². The van der Waals surface area contributed by atoms with Crippen molar-refractivity contribution in [2.75, 3.05) is 7.11 Å². The highest BCUT2D eigenvalue weighted by Gasteiger charge is 1.97. The fraction of sp³-hybridized carbons (Fsp3) is 0.200. The highest BCUT2D eigenvalue weighted by atomic mass is 35.5. The maximum atomic E-state index is 5.69. The van der Waals surface area contributed by atoms with Crippen LogP contribution >= 0.6 is 11.6 Å². The Kier molecular flexibility index (Phi) is 3.18. The summed E-state index contributed by atoms with van der Waals surface area (Å²) in [5.74, 6) is 1.32. The fourth-order valence-electron chi connectivity index (χ4n) is 0.999. The van der Waals surface area contributed by atoms with Gasteiger partial charge in [-0.1, -0.05) is 18.7 Å². The first-order chi connectivity index (χ1) is 5.80. The van der Waals surface area contributed by atoms with Gasteiger partial charge in [-0.15, -0.1) is 11.6 Å². The molecule has 0 amide bonds. The third kappa shape index (κ3) is 2.02. The van der Waals surface area contributed by atoms with E-state index in [2.05, 4.69) is 6.58 Å². The molecule has 0 aliphatic rings. The van der Waals surface area contributed by atoms with Gasteiger partial charge < -0.3 is 4.74 Å². The molecule has 0 fully saturated rings. The second-order valence-corrected chi connectivity index (χ2v) is 2.72. The summed E-state index contributed by atoms with van der Waals surface area (Å²) in [6, 6.07) is 5.82. The van der Waals surface area contributed by atoms with Crippen LogP contribution in [-0.2, 0) is 5.88 Å². The number of hydrogen-bond acceptors (Lipinski definition) is 1. The third-order valence-electron chi connectivity index (χ3n) is 1.61. The van der Waals surface area contributed by atoms with Crippen LogP contribution in [0.4, 0.5) is 0 Å². The zero-order valence-electron chi connectivity index (χ0n) is 7.01. The summed E-state index contributed by atoms with van der Waals surface area (Å²) in [5.41, 5.74) is 2.08. The molecule has 0 unspecified atom stereocenters. The number of halogens is 1. The van der Waals surface area contributed by atoms with Gasteiger partial charge in [0.25, 0.3) is 0 Å². The van der Waals surface area contributed by atoms with Crippen molar-refractivity contribution >= 4 is 17.7 Å². The summed E-state index contributed by atoms with van der Waals surface area (Å²) >= 11 is 5.69. The second-order valence-electron chi connectivity index (χ2n) is 2.45. The number of methoxy groups -OCH3 is 1. The van der Waals surface area contributed by atoms with Crippen molar-refractivity contribution in [3.63, 3.8) is 0 Å². The predicted molar refractivity (Wildman–Crippen MR) is 52.6 cm³/mol. The standard InChI is InChI=1S/C10H11ClO/c1-3-8-4-9(7-11)6-10(5-8)12-2/h3-6H,1,7H2,2H3. The Morgan fingerprint density at radius 3 is 2.75 bits per heavy atom. The van der Waals surface area contributed by atoms with Gasteiger partial charge in [-0.2, -0.15) is 0 Å². The molecule has 1 aromatic carbocycles. The van der Waals surface area contributed by atoms with Crippen molar-refractivity contribution in [1.82, 2.24) is 0 Å². The van der Waals surface area contributed by atoms with E-state index in [1.54, 1.807) is 13.2 Å². The Morgan fingerprint density at radius 2 is 2.25 bits per heavy atom. The van der Waals surface area contributed by atoms with E-state index in [4.69, 9.17) is 16.3 Å². The first-order valence-corrected chi connectivity index (χ1v) is 4.20. The Balaban J connectivity index is 3.09. The van der Waals surface area contributed by atoms with Crippen LogP contribution in [0.1, 0.15) is 11.1 Å². The fourth-order valence-corrected chi connectivity index (χ4v) is 1.15. The zero-order chi connectivity index (χ0) is 8.97. The summed E-state index contributed by atoms with van der Waals surface area (Å²) in [7, 11) is 1.64. The van der Waals surface area contributed by atoms with E-state index in [9.17, 15) is 0 Å². The van der Waals surface area contributed by atoms with Gasteiger partial charge in [0.15, 0.2) is 0 Å². The van der Waals surface area contributed by atoms with Crippen LogP contribution in [0, 0.1) is 0 Å². The molecule has 0 saturated heterocycles. The van der Waals surface area contributed by atoms with Crippen LogP contribution in [-0.4, -0.2) is 7.11 Å². The van der Waals surface area contributed by atoms with Crippen molar-refractivity contribution in [3.8, 4) is 5.75 Å². The van der Waals surface area contributed by atoms with E-state index in [0.29, 0.717) is 5.88 Å². The molecule has 1 rings (SSSR count). The molecule has 2 heteroatoms. The van der Waals surface area contributed by atoms with Crippen molar-refractivity contribution in [3.05, 3.63) is 35.9 Å². The van der Waals surface area contributed by atoms with E-state index in [0.717, 1.165) is 16.9 Å². The molecule has 0 bridgehead atoms. The summed E-state index contributed by atoms with van der Waals surface area (Å²) in [4.78, 5) is 0. The maximum absolute atomic E-state index is 5.69. The van der Waals surface area contributed by atoms with Crippen molar-refractivity contribution < 1.29 is 4.74 Å². The molecule has 0 radical (unpaired) electrons. The molecule has 1 aromatic rings. The van der Waals surface area contributed by atoms with Crippen molar-refractivity contribution in [1.29, 1.82) is 0 Å². The van der Waals surface area contributed by atoms with E-state index in [1.165, 1.54) is 0 Å². The summed E-state index contributed by atoms with van der Waals surface area (Å²) in [6.45, 7) is 3.68. The monoisotopic (exact) mass is 182 g/mol. The molecule has 0 N–H and O–H groups in total. The highest BCUT2D eigenvalue weighted by Crippen LogP contribution is 2.18.